The molecule has 0 bridgehead atoms. The van der Waals surface area contributed by atoms with Crippen LogP contribution in [0.15, 0.2) is 54.6 Å². The van der Waals surface area contributed by atoms with Crippen molar-refractivity contribution in [3.8, 4) is 0 Å². The Bertz CT molecular complexity index is 732. The first-order chi connectivity index (χ1) is 12.3. The van der Waals surface area contributed by atoms with Gasteiger partial charge in [0.25, 0.3) is 0 Å². The molecule has 0 aliphatic carbocycles. The predicted molar refractivity (Wildman–Crippen MR) is 98.7 cm³/mol. The van der Waals surface area contributed by atoms with E-state index in [4.69, 9.17) is 4.74 Å². The molecule has 1 fully saturated rings. The molecule has 0 saturated carbocycles. The zero-order valence-corrected chi connectivity index (χ0v) is 14.4. The highest BCUT2D eigenvalue weighted by molar-refractivity contribution is 5.95. The van der Waals surface area contributed by atoms with Crippen molar-refractivity contribution < 1.29 is 9.53 Å². The first kappa shape index (κ1) is 16.3. The number of aryl methyl sites for hydroxylation is 1. The summed E-state index contributed by atoms with van der Waals surface area (Å²) in [5, 5.41) is 0. The minimum absolute atomic E-state index is 0.0522. The molecule has 2 aromatic rings. The fourth-order valence-electron chi connectivity index (χ4n) is 3.78. The summed E-state index contributed by atoms with van der Waals surface area (Å²) in [7, 11) is 0. The van der Waals surface area contributed by atoms with Crippen molar-refractivity contribution in [2.45, 2.75) is 18.9 Å². The number of fused-ring (bicyclic) bond motifs is 1. The van der Waals surface area contributed by atoms with Gasteiger partial charge in [-0.05, 0) is 30.0 Å². The lowest BCUT2D eigenvalue weighted by molar-refractivity contribution is -0.122. The zero-order chi connectivity index (χ0) is 17.1. The van der Waals surface area contributed by atoms with Gasteiger partial charge in [0.15, 0.2) is 0 Å². The summed E-state index contributed by atoms with van der Waals surface area (Å²) in [5.74, 6) is 0.195. The molecule has 1 amide bonds. The lowest BCUT2D eigenvalue weighted by Gasteiger charge is -2.35. The highest BCUT2D eigenvalue weighted by Gasteiger charge is 2.27. The van der Waals surface area contributed by atoms with Gasteiger partial charge in [0, 0.05) is 25.3 Å². The maximum atomic E-state index is 12.9. The summed E-state index contributed by atoms with van der Waals surface area (Å²) in [6, 6.07) is 18.5. The largest absolute Gasteiger partial charge is 0.371 e. The minimum atomic E-state index is 0.0522. The maximum absolute atomic E-state index is 12.9. The highest BCUT2D eigenvalue weighted by atomic mass is 16.5. The summed E-state index contributed by atoms with van der Waals surface area (Å²) >= 11 is 0. The average Bonchev–Trinajstić information content (AvgIpc) is 2.68. The number of hydrogen-bond acceptors (Lipinski definition) is 3. The van der Waals surface area contributed by atoms with E-state index >= 15 is 0 Å². The Kier molecular flexibility index (Phi) is 4.81. The molecule has 130 valence electrons. The molecule has 2 aromatic carbocycles. The van der Waals surface area contributed by atoms with Crippen molar-refractivity contribution in [3.05, 3.63) is 65.7 Å². The fraction of sp³-hybridized carbons (Fsp3) is 0.381. The number of para-hydroxylation sites is 1. The summed E-state index contributed by atoms with van der Waals surface area (Å²) in [6.07, 6.45) is 2.16. The minimum Gasteiger partial charge on any atom is -0.371 e. The van der Waals surface area contributed by atoms with E-state index in [1.165, 1.54) is 11.1 Å². The number of rotatable bonds is 3. The molecule has 4 heteroatoms. The Balaban J connectivity index is 1.43. The Labute approximate surface area is 149 Å². The van der Waals surface area contributed by atoms with E-state index in [0.717, 1.165) is 38.2 Å². The molecule has 2 heterocycles. The Morgan fingerprint density at radius 2 is 1.84 bits per heavy atom. The number of anilines is 1. The van der Waals surface area contributed by atoms with Gasteiger partial charge in [-0.25, -0.2) is 0 Å². The van der Waals surface area contributed by atoms with Crippen LogP contribution >= 0.6 is 0 Å². The lowest BCUT2D eigenvalue weighted by atomic mass is 10.0. The van der Waals surface area contributed by atoms with Gasteiger partial charge in [0.1, 0.15) is 0 Å². The third-order valence-corrected chi connectivity index (χ3v) is 5.09. The SMILES string of the molecule is O=C(CN1CCOC(c2ccccc2)C1)N1CCCc2ccccc21. The third-order valence-electron chi connectivity index (χ3n) is 5.09. The Morgan fingerprint density at radius 1 is 1.04 bits per heavy atom. The number of carbonyl (C=O) groups is 1. The number of nitrogens with zero attached hydrogens (tertiary/aromatic N) is 2. The van der Waals surface area contributed by atoms with E-state index in [2.05, 4.69) is 35.2 Å². The standard InChI is InChI=1S/C21H24N2O2/c24-21(23-12-6-10-17-7-4-5-11-19(17)23)16-22-13-14-25-20(15-22)18-8-2-1-3-9-18/h1-5,7-9,11,20H,6,10,12-16H2. The number of benzene rings is 2. The quantitative estimate of drug-likeness (QED) is 0.864. The Morgan fingerprint density at radius 3 is 2.72 bits per heavy atom. The van der Waals surface area contributed by atoms with Crippen LogP contribution in [0.1, 0.15) is 23.7 Å². The van der Waals surface area contributed by atoms with Gasteiger partial charge in [0.05, 0.1) is 19.3 Å². The highest BCUT2D eigenvalue weighted by Crippen LogP contribution is 2.27. The molecule has 4 rings (SSSR count). The zero-order valence-electron chi connectivity index (χ0n) is 14.4. The molecular weight excluding hydrogens is 312 g/mol. The third kappa shape index (κ3) is 3.60. The maximum Gasteiger partial charge on any atom is 0.241 e. The molecule has 25 heavy (non-hydrogen) atoms. The van der Waals surface area contributed by atoms with Gasteiger partial charge in [-0.2, -0.15) is 0 Å². The van der Waals surface area contributed by atoms with Crippen LogP contribution in [0.25, 0.3) is 0 Å². The van der Waals surface area contributed by atoms with Crippen LogP contribution in [0.4, 0.5) is 5.69 Å². The molecule has 0 N–H and O–H groups in total. The van der Waals surface area contributed by atoms with Crippen molar-refractivity contribution in [2.75, 3.05) is 37.7 Å². The first-order valence-corrected chi connectivity index (χ1v) is 9.08. The fourth-order valence-corrected chi connectivity index (χ4v) is 3.78. The van der Waals surface area contributed by atoms with E-state index < -0.39 is 0 Å². The van der Waals surface area contributed by atoms with Crippen LogP contribution in [0.5, 0.6) is 0 Å². The summed E-state index contributed by atoms with van der Waals surface area (Å²) < 4.78 is 5.91. The molecule has 4 nitrogen and oxygen atoms in total. The Hall–Kier alpha value is -2.17. The van der Waals surface area contributed by atoms with Crippen LogP contribution in [0.3, 0.4) is 0 Å². The van der Waals surface area contributed by atoms with Crippen LogP contribution < -0.4 is 4.90 Å². The van der Waals surface area contributed by atoms with Gasteiger partial charge in [-0.3, -0.25) is 9.69 Å². The van der Waals surface area contributed by atoms with E-state index in [0.29, 0.717) is 13.2 Å². The number of morpholine rings is 1. The van der Waals surface area contributed by atoms with Crippen molar-refractivity contribution >= 4 is 11.6 Å². The summed E-state index contributed by atoms with van der Waals surface area (Å²) in [6.45, 7) is 3.53. The number of hydrogen-bond donors (Lipinski definition) is 0. The second kappa shape index (κ2) is 7.38. The molecule has 2 aliphatic rings. The van der Waals surface area contributed by atoms with Gasteiger partial charge in [0.2, 0.25) is 5.91 Å². The normalized spacial score (nSPS) is 21.0. The molecule has 0 aromatic heterocycles. The van der Waals surface area contributed by atoms with Crippen LogP contribution in [0.2, 0.25) is 0 Å². The second-order valence-electron chi connectivity index (χ2n) is 6.78. The lowest BCUT2D eigenvalue weighted by Crippen LogP contribution is -2.46. The van der Waals surface area contributed by atoms with Crippen molar-refractivity contribution in [1.82, 2.24) is 4.90 Å². The summed E-state index contributed by atoms with van der Waals surface area (Å²) in [5.41, 5.74) is 3.56. The predicted octanol–water partition coefficient (Wildman–Crippen LogP) is 3.04. The number of ether oxygens (including phenoxy) is 1. The topological polar surface area (TPSA) is 32.8 Å². The smallest absolute Gasteiger partial charge is 0.241 e. The van der Waals surface area contributed by atoms with Crippen molar-refractivity contribution in [3.63, 3.8) is 0 Å². The van der Waals surface area contributed by atoms with E-state index in [-0.39, 0.29) is 12.0 Å². The van der Waals surface area contributed by atoms with Gasteiger partial charge < -0.3 is 9.64 Å². The molecule has 1 atom stereocenters. The molecular formula is C21H24N2O2. The average molecular weight is 336 g/mol. The van der Waals surface area contributed by atoms with E-state index in [1.54, 1.807) is 0 Å². The number of carbonyl (C=O) groups excluding carboxylic acids is 1. The van der Waals surface area contributed by atoms with Gasteiger partial charge in [-0.1, -0.05) is 48.5 Å². The molecule has 1 unspecified atom stereocenters. The monoisotopic (exact) mass is 336 g/mol. The molecule has 2 aliphatic heterocycles. The van der Waals surface area contributed by atoms with Crippen molar-refractivity contribution in [2.24, 2.45) is 0 Å². The summed E-state index contributed by atoms with van der Waals surface area (Å²) in [4.78, 5) is 17.1. The van der Waals surface area contributed by atoms with Crippen LogP contribution in [0, 0.1) is 0 Å². The van der Waals surface area contributed by atoms with Gasteiger partial charge in [-0.15, -0.1) is 0 Å². The van der Waals surface area contributed by atoms with E-state index in [1.807, 2.05) is 29.2 Å². The molecule has 0 spiro atoms. The second-order valence-corrected chi connectivity index (χ2v) is 6.78. The van der Waals surface area contributed by atoms with Crippen molar-refractivity contribution in [1.29, 1.82) is 0 Å². The van der Waals surface area contributed by atoms with E-state index in [9.17, 15) is 4.79 Å². The van der Waals surface area contributed by atoms with Crippen LogP contribution in [-0.2, 0) is 16.0 Å². The molecule has 1 saturated heterocycles. The number of amides is 1. The first-order valence-electron chi connectivity index (χ1n) is 9.08. The van der Waals surface area contributed by atoms with Gasteiger partial charge >= 0.3 is 0 Å². The van der Waals surface area contributed by atoms with Crippen LogP contribution in [-0.4, -0.2) is 43.6 Å². The molecule has 0 radical (unpaired) electrons.